The molecule has 1 aliphatic rings. The normalized spacial score (nSPS) is 17.9. The van der Waals surface area contributed by atoms with Gasteiger partial charge in [0, 0.05) is 13.1 Å². The van der Waals surface area contributed by atoms with E-state index in [1.165, 1.54) is 4.90 Å². The minimum Gasteiger partial charge on any atom is -0.358 e. The van der Waals surface area contributed by atoms with E-state index in [2.05, 4.69) is 4.74 Å². The molecule has 0 saturated carbocycles. The Balaban J connectivity index is 2.29. The minimum absolute atomic E-state index is 0.531. The van der Waals surface area contributed by atoms with Gasteiger partial charge in [-0.15, -0.1) is 0 Å². The molecule has 1 amide bonds. The second-order valence-electron chi connectivity index (χ2n) is 2.34. The number of carbonyl (C=O) groups is 1. The summed E-state index contributed by atoms with van der Waals surface area (Å²) in [7, 11) is 0. The molecule has 7 nitrogen and oxygen atoms in total. The molecule has 0 spiro atoms. The van der Waals surface area contributed by atoms with Gasteiger partial charge in [0.2, 0.25) is 0 Å². The van der Waals surface area contributed by atoms with Gasteiger partial charge in [-0.3, -0.25) is 15.2 Å². The highest BCUT2D eigenvalue weighted by atomic mass is 16.8. The van der Waals surface area contributed by atoms with E-state index < -0.39 is 17.4 Å². The molecule has 0 aromatic heterocycles. The molecule has 12 heavy (non-hydrogen) atoms. The van der Waals surface area contributed by atoms with E-state index in [9.17, 15) is 14.9 Å². The summed E-state index contributed by atoms with van der Waals surface area (Å²) in [6.07, 6.45) is -2.23. The average molecular weight is 176 g/mol. The van der Waals surface area contributed by atoms with Crippen molar-refractivity contribution in [3.8, 4) is 0 Å². The zero-order valence-electron chi connectivity index (χ0n) is 6.17. The van der Waals surface area contributed by atoms with Crippen LogP contribution in [-0.2, 0) is 4.74 Å². The van der Waals surface area contributed by atoms with Crippen molar-refractivity contribution in [1.29, 1.82) is 0 Å². The highest BCUT2D eigenvalue weighted by Gasteiger charge is 2.27. The molecule has 0 aromatic rings. The fourth-order valence-electron chi connectivity index (χ4n) is 0.707. The summed E-state index contributed by atoms with van der Waals surface area (Å²) >= 11 is 0. The number of nitrogens with zero attached hydrogens (tertiary/aromatic N) is 2. The molecule has 0 aliphatic carbocycles. The van der Waals surface area contributed by atoms with Crippen LogP contribution < -0.4 is 0 Å². The molecule has 1 heterocycles. The molecule has 0 bridgehead atoms. The Hall–Kier alpha value is -1.37. The number of carbonyl (C=O) groups excluding carboxylic acids is 1. The minimum atomic E-state index is -2.25. The van der Waals surface area contributed by atoms with E-state index >= 15 is 0 Å². The lowest BCUT2D eigenvalue weighted by atomic mass is 10.2. The number of amides is 1. The first kappa shape index (κ1) is 8.72. The largest absolute Gasteiger partial charge is 0.475 e. The van der Waals surface area contributed by atoms with Gasteiger partial charge in [-0.25, -0.2) is 4.79 Å². The molecule has 0 aromatic carbocycles. The first-order chi connectivity index (χ1) is 5.61. The molecular weight excluding hydrogens is 168 g/mol. The maximum absolute atomic E-state index is 10.8. The van der Waals surface area contributed by atoms with Gasteiger partial charge in [0.25, 0.3) is 0 Å². The van der Waals surface area contributed by atoms with Crippen LogP contribution in [0.5, 0.6) is 0 Å². The number of nitro groups is 1. The third-order valence-electron chi connectivity index (χ3n) is 1.50. The van der Waals surface area contributed by atoms with Crippen LogP contribution >= 0.6 is 0 Å². The first-order valence-electron chi connectivity index (χ1n) is 3.38. The Labute approximate surface area is 67.7 Å². The van der Waals surface area contributed by atoms with Crippen molar-refractivity contribution in [2.24, 2.45) is 0 Å². The van der Waals surface area contributed by atoms with Crippen molar-refractivity contribution < 1.29 is 19.6 Å². The van der Waals surface area contributed by atoms with E-state index in [1.54, 1.807) is 0 Å². The monoisotopic (exact) mass is 176 g/mol. The summed E-state index contributed by atoms with van der Waals surface area (Å²) in [4.78, 5) is 20.8. The predicted molar refractivity (Wildman–Crippen MR) is 35.7 cm³/mol. The zero-order chi connectivity index (χ0) is 9.14. The van der Waals surface area contributed by atoms with Crippen LogP contribution in [0.2, 0.25) is 0 Å². The lowest BCUT2D eigenvalue weighted by Gasteiger charge is -2.29. The van der Waals surface area contributed by atoms with Gasteiger partial charge in [-0.1, -0.05) is 0 Å². The van der Waals surface area contributed by atoms with Crippen molar-refractivity contribution in [3.05, 3.63) is 10.1 Å². The Morgan fingerprint density at radius 1 is 1.67 bits per heavy atom. The Bertz CT molecular complexity index is 202. The number of hydrogen-bond acceptors (Lipinski definition) is 5. The maximum Gasteiger partial charge on any atom is 0.475 e. The van der Waals surface area contributed by atoms with Gasteiger partial charge < -0.3 is 9.64 Å². The Morgan fingerprint density at radius 3 is 2.58 bits per heavy atom. The van der Waals surface area contributed by atoms with Gasteiger partial charge in [0.15, 0.2) is 0 Å². The van der Waals surface area contributed by atoms with Crippen LogP contribution in [-0.4, -0.2) is 40.5 Å². The second kappa shape index (κ2) is 3.35. The van der Waals surface area contributed by atoms with Gasteiger partial charge in [-0.05, 0) is 6.42 Å². The summed E-state index contributed by atoms with van der Waals surface area (Å²) in [6.45, 7) is 1.06. The smallest absolute Gasteiger partial charge is 0.358 e. The molecule has 1 N–H and O–H groups in total. The van der Waals surface area contributed by atoms with Crippen LogP contribution in [0.25, 0.3) is 0 Å². The molecule has 1 rings (SSSR count). The molecule has 1 unspecified atom stereocenters. The fourth-order valence-corrected chi connectivity index (χ4v) is 0.707. The third-order valence-corrected chi connectivity index (χ3v) is 1.50. The SMILES string of the molecule is O=C(OC(O)[N+](=O)[O-])N1CCC1. The molecular formula is C5H8N2O5. The first-order valence-corrected chi connectivity index (χ1v) is 3.38. The van der Waals surface area contributed by atoms with Crippen molar-refractivity contribution >= 4 is 6.09 Å². The standard InChI is InChI=1S/C5H8N2O5/c8-4(6-2-1-3-6)12-5(9)7(10)11/h5,9H,1-3H2. The third kappa shape index (κ3) is 1.82. The lowest BCUT2D eigenvalue weighted by Crippen LogP contribution is -2.44. The van der Waals surface area contributed by atoms with E-state index in [1.807, 2.05) is 0 Å². The number of hydrogen-bond donors (Lipinski definition) is 1. The maximum atomic E-state index is 10.8. The van der Waals surface area contributed by atoms with Gasteiger partial charge in [0.1, 0.15) is 0 Å². The Morgan fingerprint density at radius 2 is 2.25 bits per heavy atom. The van der Waals surface area contributed by atoms with Crippen LogP contribution in [0.3, 0.4) is 0 Å². The van der Waals surface area contributed by atoms with Crippen molar-refractivity contribution in [2.45, 2.75) is 12.8 Å². The topological polar surface area (TPSA) is 92.9 Å². The molecule has 1 aliphatic heterocycles. The van der Waals surface area contributed by atoms with E-state index in [0.717, 1.165) is 6.42 Å². The van der Waals surface area contributed by atoms with Gasteiger partial charge in [-0.2, -0.15) is 0 Å². The average Bonchev–Trinajstić information content (AvgIpc) is 1.82. The highest BCUT2D eigenvalue weighted by molar-refractivity contribution is 5.68. The molecule has 1 atom stereocenters. The summed E-state index contributed by atoms with van der Waals surface area (Å²) in [5.74, 6) is 0. The van der Waals surface area contributed by atoms with E-state index in [4.69, 9.17) is 5.11 Å². The molecule has 7 heteroatoms. The van der Waals surface area contributed by atoms with Crippen molar-refractivity contribution in [2.75, 3.05) is 13.1 Å². The second-order valence-corrected chi connectivity index (χ2v) is 2.34. The van der Waals surface area contributed by atoms with Crippen LogP contribution in [0.15, 0.2) is 0 Å². The summed E-state index contributed by atoms with van der Waals surface area (Å²) < 4.78 is 4.06. The van der Waals surface area contributed by atoms with Crippen LogP contribution in [0.4, 0.5) is 4.79 Å². The van der Waals surface area contributed by atoms with E-state index in [0.29, 0.717) is 13.1 Å². The van der Waals surface area contributed by atoms with Crippen LogP contribution in [0.1, 0.15) is 6.42 Å². The lowest BCUT2D eigenvalue weighted by molar-refractivity contribution is -0.619. The molecule has 1 fully saturated rings. The van der Waals surface area contributed by atoms with Crippen LogP contribution in [0, 0.1) is 10.1 Å². The number of ether oxygens (including phenoxy) is 1. The number of rotatable bonds is 2. The van der Waals surface area contributed by atoms with Gasteiger partial charge in [0.05, 0.1) is 4.92 Å². The summed E-state index contributed by atoms with van der Waals surface area (Å²) in [5, 5.41) is 18.3. The number of aliphatic hydroxyl groups is 1. The molecule has 0 radical (unpaired) electrons. The quantitative estimate of drug-likeness (QED) is 0.344. The fraction of sp³-hybridized carbons (Fsp3) is 0.800. The number of aliphatic hydroxyl groups excluding tert-OH is 1. The number of likely N-dealkylation sites (tertiary alicyclic amines) is 1. The van der Waals surface area contributed by atoms with Gasteiger partial charge >= 0.3 is 12.5 Å². The van der Waals surface area contributed by atoms with Crippen molar-refractivity contribution in [3.63, 3.8) is 0 Å². The highest BCUT2D eigenvalue weighted by Crippen LogP contribution is 2.08. The zero-order valence-corrected chi connectivity index (χ0v) is 6.17. The van der Waals surface area contributed by atoms with E-state index in [-0.39, 0.29) is 0 Å². The summed E-state index contributed by atoms with van der Waals surface area (Å²) in [6, 6.07) is 0. The predicted octanol–water partition coefficient (Wildman–Crippen LogP) is -0.619. The summed E-state index contributed by atoms with van der Waals surface area (Å²) in [5.41, 5.74) is 0. The van der Waals surface area contributed by atoms with Crippen molar-refractivity contribution in [1.82, 2.24) is 4.90 Å². The Kier molecular flexibility index (Phi) is 2.44. The molecule has 68 valence electrons. The molecule has 1 saturated heterocycles.